The van der Waals surface area contributed by atoms with Crippen molar-refractivity contribution in [1.82, 2.24) is 15.5 Å². The lowest BCUT2D eigenvalue weighted by Gasteiger charge is -2.13. The molecule has 0 bridgehead atoms. The molecule has 2 N–H and O–H groups in total. The van der Waals surface area contributed by atoms with E-state index < -0.39 is 0 Å². The Morgan fingerprint density at radius 2 is 2.33 bits per heavy atom. The van der Waals surface area contributed by atoms with E-state index in [1.54, 1.807) is 18.2 Å². The van der Waals surface area contributed by atoms with Crippen LogP contribution in [0.4, 0.5) is 5.69 Å². The van der Waals surface area contributed by atoms with E-state index in [0.717, 1.165) is 10.0 Å². The Hall–Kier alpha value is -2.41. The first-order valence-electron chi connectivity index (χ1n) is 6.21. The number of halogens is 1. The van der Waals surface area contributed by atoms with Gasteiger partial charge in [0.25, 0.3) is 5.91 Å². The molecule has 1 aromatic carbocycles. The Morgan fingerprint density at radius 3 is 3.10 bits per heavy atom. The van der Waals surface area contributed by atoms with Crippen LogP contribution in [0.3, 0.4) is 0 Å². The first kappa shape index (κ1) is 13.6. The van der Waals surface area contributed by atoms with Gasteiger partial charge in [0, 0.05) is 22.3 Å². The quantitative estimate of drug-likeness (QED) is 0.892. The van der Waals surface area contributed by atoms with Gasteiger partial charge in [-0.3, -0.25) is 4.79 Å². The summed E-state index contributed by atoms with van der Waals surface area (Å²) in [5.41, 5.74) is 1.91. The maximum Gasteiger partial charge on any atom is 0.271 e. The summed E-state index contributed by atoms with van der Waals surface area (Å²) in [6.45, 7) is 0.613. The molecule has 3 rings (SSSR count). The number of allylic oxidation sites excluding steroid dienone is 2. The summed E-state index contributed by atoms with van der Waals surface area (Å²) in [7, 11) is 0. The third-order valence-corrected chi connectivity index (χ3v) is 3.40. The summed E-state index contributed by atoms with van der Waals surface area (Å²) in [5.74, 6) is 0.203. The Kier molecular flexibility index (Phi) is 3.83. The molecule has 0 atom stereocenters. The van der Waals surface area contributed by atoms with E-state index in [-0.39, 0.29) is 5.91 Å². The highest BCUT2D eigenvalue weighted by Gasteiger charge is 2.13. The fraction of sp³-hybridized carbons (Fsp3) is 0.0714. The zero-order valence-electron chi connectivity index (χ0n) is 10.8. The molecule has 0 spiro atoms. The third kappa shape index (κ3) is 3.19. The van der Waals surface area contributed by atoms with Crippen LogP contribution in [0.15, 0.2) is 57.4 Å². The van der Waals surface area contributed by atoms with Crippen LogP contribution < -0.4 is 10.6 Å². The molecule has 0 unspecified atom stereocenters. The van der Waals surface area contributed by atoms with Crippen LogP contribution in [0.1, 0.15) is 0 Å². The lowest BCUT2D eigenvalue weighted by molar-refractivity contribution is -0.113. The molecule has 2 aromatic rings. The minimum Gasteiger partial charge on any atom is -0.423 e. The van der Waals surface area contributed by atoms with Crippen LogP contribution >= 0.6 is 15.9 Å². The second-order valence-corrected chi connectivity index (χ2v) is 5.22. The van der Waals surface area contributed by atoms with Crippen LogP contribution in [0.2, 0.25) is 0 Å². The smallest absolute Gasteiger partial charge is 0.271 e. The summed E-state index contributed by atoms with van der Waals surface area (Å²) in [6.07, 6.45) is 4.94. The van der Waals surface area contributed by atoms with Crippen molar-refractivity contribution in [2.45, 2.75) is 0 Å². The summed E-state index contributed by atoms with van der Waals surface area (Å²) in [6, 6.07) is 7.22. The van der Waals surface area contributed by atoms with Crippen LogP contribution in [0, 0.1) is 0 Å². The first-order chi connectivity index (χ1) is 10.2. The molecule has 106 valence electrons. The maximum atomic E-state index is 12.2. The predicted octanol–water partition coefficient (Wildman–Crippen LogP) is 2.44. The average Bonchev–Trinajstić information content (AvgIpc) is 3.02. The van der Waals surface area contributed by atoms with Gasteiger partial charge in [0.1, 0.15) is 5.70 Å². The van der Waals surface area contributed by atoms with Crippen LogP contribution in [0.5, 0.6) is 0 Å². The SMILES string of the molecule is O=C(Nc1cccc(-c2nnco2)c1)C1=CC(Br)=CCN1. The summed E-state index contributed by atoms with van der Waals surface area (Å²) >= 11 is 3.36. The van der Waals surface area contributed by atoms with Crippen molar-refractivity contribution >= 4 is 27.5 Å². The molecule has 6 nitrogen and oxygen atoms in total. The second-order valence-electron chi connectivity index (χ2n) is 4.31. The van der Waals surface area contributed by atoms with Crippen LogP contribution in [-0.4, -0.2) is 22.6 Å². The number of hydrogen-bond acceptors (Lipinski definition) is 5. The van der Waals surface area contributed by atoms with Gasteiger partial charge >= 0.3 is 0 Å². The van der Waals surface area contributed by atoms with Gasteiger partial charge in [-0.05, 0) is 24.3 Å². The van der Waals surface area contributed by atoms with E-state index in [1.807, 2.05) is 18.2 Å². The van der Waals surface area contributed by atoms with Gasteiger partial charge < -0.3 is 15.1 Å². The van der Waals surface area contributed by atoms with Crippen molar-refractivity contribution in [3.05, 3.63) is 53.0 Å². The molecule has 1 aliphatic heterocycles. The van der Waals surface area contributed by atoms with Crippen molar-refractivity contribution in [1.29, 1.82) is 0 Å². The number of nitrogens with zero attached hydrogens (tertiary/aromatic N) is 2. The summed E-state index contributed by atoms with van der Waals surface area (Å²) in [4.78, 5) is 12.2. The number of aromatic nitrogens is 2. The Balaban J connectivity index is 1.78. The van der Waals surface area contributed by atoms with E-state index in [9.17, 15) is 4.79 Å². The number of hydrogen-bond donors (Lipinski definition) is 2. The molecular weight excluding hydrogens is 336 g/mol. The van der Waals surface area contributed by atoms with Crippen molar-refractivity contribution in [3.8, 4) is 11.5 Å². The minimum absolute atomic E-state index is 0.206. The second kappa shape index (κ2) is 5.92. The molecule has 0 fully saturated rings. The molecule has 0 aliphatic carbocycles. The number of rotatable bonds is 3. The predicted molar refractivity (Wildman–Crippen MR) is 81.5 cm³/mol. The monoisotopic (exact) mass is 346 g/mol. The normalized spacial score (nSPS) is 14.0. The van der Waals surface area contributed by atoms with E-state index in [1.165, 1.54) is 6.39 Å². The molecule has 1 aromatic heterocycles. The molecule has 7 heteroatoms. The standard InChI is InChI=1S/C14H11BrN4O2/c15-10-4-5-16-12(7-10)13(20)18-11-3-1-2-9(6-11)14-19-17-8-21-14/h1-4,6-8,16H,5H2,(H,18,20). The highest BCUT2D eigenvalue weighted by atomic mass is 79.9. The zero-order chi connectivity index (χ0) is 14.7. The van der Waals surface area contributed by atoms with Gasteiger partial charge in [-0.25, -0.2) is 0 Å². The molecule has 21 heavy (non-hydrogen) atoms. The molecule has 2 heterocycles. The molecular formula is C14H11BrN4O2. The fourth-order valence-corrected chi connectivity index (χ4v) is 2.27. The summed E-state index contributed by atoms with van der Waals surface area (Å²) in [5, 5.41) is 13.3. The highest BCUT2D eigenvalue weighted by Crippen LogP contribution is 2.21. The lowest BCUT2D eigenvalue weighted by Crippen LogP contribution is -2.27. The van der Waals surface area contributed by atoms with Gasteiger partial charge in [-0.15, -0.1) is 10.2 Å². The van der Waals surface area contributed by atoms with E-state index in [4.69, 9.17) is 4.42 Å². The average molecular weight is 347 g/mol. The fourth-order valence-electron chi connectivity index (χ4n) is 1.88. The third-order valence-electron chi connectivity index (χ3n) is 2.84. The van der Waals surface area contributed by atoms with Gasteiger partial charge in [-0.2, -0.15) is 0 Å². The number of carbonyl (C=O) groups is 1. The Labute approximate surface area is 129 Å². The topological polar surface area (TPSA) is 80.1 Å². The molecule has 0 saturated carbocycles. The van der Waals surface area contributed by atoms with Crippen molar-refractivity contribution in [2.24, 2.45) is 0 Å². The largest absolute Gasteiger partial charge is 0.423 e. The first-order valence-corrected chi connectivity index (χ1v) is 7.01. The molecule has 0 saturated heterocycles. The van der Waals surface area contributed by atoms with Gasteiger partial charge in [-0.1, -0.05) is 28.1 Å². The Bertz CT molecular complexity index is 722. The van der Waals surface area contributed by atoms with Crippen molar-refractivity contribution in [3.63, 3.8) is 0 Å². The number of anilines is 1. The minimum atomic E-state index is -0.206. The Morgan fingerprint density at radius 1 is 1.43 bits per heavy atom. The van der Waals surface area contributed by atoms with E-state index in [0.29, 0.717) is 23.8 Å². The number of amides is 1. The molecule has 1 aliphatic rings. The maximum absolute atomic E-state index is 12.2. The number of dihydropyridines is 1. The van der Waals surface area contributed by atoms with Crippen molar-refractivity contribution < 1.29 is 9.21 Å². The van der Waals surface area contributed by atoms with Gasteiger partial charge in [0.2, 0.25) is 12.3 Å². The van der Waals surface area contributed by atoms with Gasteiger partial charge in [0.15, 0.2) is 0 Å². The number of nitrogens with one attached hydrogen (secondary N) is 2. The lowest BCUT2D eigenvalue weighted by atomic mass is 10.2. The zero-order valence-corrected chi connectivity index (χ0v) is 12.4. The molecule has 0 radical (unpaired) electrons. The van der Waals surface area contributed by atoms with E-state index in [2.05, 4.69) is 36.8 Å². The summed E-state index contributed by atoms with van der Waals surface area (Å²) < 4.78 is 6.02. The van der Waals surface area contributed by atoms with Gasteiger partial charge in [0.05, 0.1) is 0 Å². The number of carbonyl (C=O) groups excluding carboxylic acids is 1. The van der Waals surface area contributed by atoms with E-state index >= 15 is 0 Å². The van der Waals surface area contributed by atoms with Crippen LogP contribution in [-0.2, 0) is 4.79 Å². The number of benzene rings is 1. The highest BCUT2D eigenvalue weighted by molar-refractivity contribution is 9.11. The van der Waals surface area contributed by atoms with Crippen LogP contribution in [0.25, 0.3) is 11.5 Å². The molecule has 1 amide bonds. The van der Waals surface area contributed by atoms with Crippen molar-refractivity contribution in [2.75, 3.05) is 11.9 Å².